The van der Waals surface area contributed by atoms with E-state index >= 15 is 0 Å². The maximum atomic E-state index is 8.77. The summed E-state index contributed by atoms with van der Waals surface area (Å²) in [6, 6.07) is 12.3. The molecule has 0 radical (unpaired) electrons. The Bertz CT molecular complexity index is 625. The fraction of sp³-hybridized carbons (Fsp3) is 0.0714. The number of nitrogens with zero attached hydrogens (tertiary/aromatic N) is 1. The monoisotopic (exact) mass is 310 g/mol. The third kappa shape index (κ3) is 3.15. The van der Waals surface area contributed by atoms with Crippen molar-refractivity contribution in [3.63, 3.8) is 0 Å². The van der Waals surface area contributed by atoms with Gasteiger partial charge in [0.25, 0.3) is 0 Å². The van der Waals surface area contributed by atoms with Gasteiger partial charge < -0.3 is 15.7 Å². The predicted molar refractivity (Wildman–Crippen MR) is 79.7 cm³/mol. The average Bonchev–Trinajstić information content (AvgIpc) is 2.46. The number of nitrogens with two attached hydrogens (primary N) is 1. The molecule has 2 aromatic rings. The first-order valence-corrected chi connectivity index (χ1v) is 6.51. The molecule has 104 valence electrons. The first kappa shape index (κ1) is 14.5. The van der Waals surface area contributed by atoms with E-state index in [4.69, 9.17) is 38.9 Å². The van der Waals surface area contributed by atoms with Gasteiger partial charge in [-0.2, -0.15) is 0 Å². The maximum Gasteiger partial charge on any atom is 0.170 e. The van der Waals surface area contributed by atoms with Gasteiger partial charge in [0, 0.05) is 11.1 Å². The molecule has 6 heteroatoms. The average molecular weight is 311 g/mol. The minimum Gasteiger partial charge on any atom is -0.486 e. The molecule has 0 aliphatic rings. The van der Waals surface area contributed by atoms with Gasteiger partial charge in [-0.05, 0) is 12.1 Å². The normalized spacial score (nSPS) is 11.4. The fourth-order valence-corrected chi connectivity index (χ4v) is 2.23. The molecule has 2 rings (SSSR count). The summed E-state index contributed by atoms with van der Waals surface area (Å²) in [6.45, 7) is 0.204. The van der Waals surface area contributed by atoms with Crippen molar-refractivity contribution in [2.24, 2.45) is 10.9 Å². The molecule has 0 unspecified atom stereocenters. The van der Waals surface area contributed by atoms with Crippen LogP contribution in [0.15, 0.2) is 47.6 Å². The van der Waals surface area contributed by atoms with Crippen LogP contribution in [0, 0.1) is 0 Å². The van der Waals surface area contributed by atoms with E-state index in [2.05, 4.69) is 5.16 Å². The highest BCUT2D eigenvalue weighted by Crippen LogP contribution is 2.33. The van der Waals surface area contributed by atoms with E-state index in [1.165, 1.54) is 0 Å². The maximum absolute atomic E-state index is 8.77. The molecule has 2 aromatic carbocycles. The molecule has 4 nitrogen and oxygen atoms in total. The second-order valence-corrected chi connectivity index (χ2v) is 4.80. The van der Waals surface area contributed by atoms with Crippen molar-refractivity contribution in [1.29, 1.82) is 0 Å². The summed E-state index contributed by atoms with van der Waals surface area (Å²) < 4.78 is 5.63. The third-order valence-corrected chi connectivity index (χ3v) is 3.29. The largest absolute Gasteiger partial charge is 0.486 e. The fourth-order valence-electron chi connectivity index (χ4n) is 1.72. The third-order valence-electron chi connectivity index (χ3n) is 2.69. The van der Waals surface area contributed by atoms with Crippen LogP contribution in [0.4, 0.5) is 0 Å². The minimum atomic E-state index is 0.0226. The Morgan fingerprint density at radius 2 is 1.75 bits per heavy atom. The number of amidine groups is 1. The van der Waals surface area contributed by atoms with Crippen LogP contribution in [0.1, 0.15) is 11.1 Å². The lowest BCUT2D eigenvalue weighted by molar-refractivity contribution is 0.305. The van der Waals surface area contributed by atoms with E-state index in [1.54, 1.807) is 30.3 Å². The van der Waals surface area contributed by atoms with E-state index in [0.717, 1.165) is 5.56 Å². The molecule has 0 saturated carbocycles. The van der Waals surface area contributed by atoms with Crippen LogP contribution in [0.25, 0.3) is 0 Å². The van der Waals surface area contributed by atoms with E-state index in [-0.39, 0.29) is 12.4 Å². The topological polar surface area (TPSA) is 67.8 Å². The van der Waals surface area contributed by atoms with Gasteiger partial charge in [0.05, 0.1) is 10.0 Å². The van der Waals surface area contributed by atoms with Crippen molar-refractivity contribution < 1.29 is 9.94 Å². The molecule has 3 N–H and O–H groups in total. The minimum absolute atomic E-state index is 0.0226. The Morgan fingerprint density at radius 3 is 2.40 bits per heavy atom. The summed E-state index contributed by atoms with van der Waals surface area (Å²) in [5.74, 6) is 0.430. The van der Waals surface area contributed by atoms with E-state index in [9.17, 15) is 0 Å². The van der Waals surface area contributed by atoms with Crippen molar-refractivity contribution >= 4 is 29.0 Å². The number of oxime groups is 1. The molecule has 0 saturated heterocycles. The molecular weight excluding hydrogens is 299 g/mol. The Kier molecular flexibility index (Phi) is 4.71. The zero-order chi connectivity index (χ0) is 14.5. The molecule has 20 heavy (non-hydrogen) atoms. The zero-order valence-corrected chi connectivity index (χ0v) is 11.9. The number of hydrogen-bond acceptors (Lipinski definition) is 3. The lowest BCUT2D eigenvalue weighted by Crippen LogP contribution is -2.16. The summed E-state index contributed by atoms with van der Waals surface area (Å²) in [5, 5.41) is 12.6. The molecule has 0 aliphatic heterocycles. The quantitative estimate of drug-likeness (QED) is 0.392. The Balaban J connectivity index is 2.24. The smallest absolute Gasteiger partial charge is 0.170 e. The number of halogens is 2. The summed E-state index contributed by atoms with van der Waals surface area (Å²) in [7, 11) is 0. The van der Waals surface area contributed by atoms with Crippen LogP contribution in [-0.2, 0) is 6.61 Å². The van der Waals surface area contributed by atoms with Gasteiger partial charge in [0.1, 0.15) is 6.61 Å². The number of rotatable bonds is 4. The van der Waals surface area contributed by atoms with E-state index < -0.39 is 0 Å². The first-order chi connectivity index (χ1) is 9.63. The molecule has 0 fully saturated rings. The van der Waals surface area contributed by atoms with Crippen LogP contribution in [-0.4, -0.2) is 11.0 Å². The SMILES string of the molecule is N/C(=N\O)c1ccccc1COc1c(Cl)cccc1Cl. The predicted octanol–water partition coefficient (Wildman–Crippen LogP) is 3.67. The molecule has 0 atom stereocenters. The van der Waals surface area contributed by atoms with Gasteiger partial charge in [0.15, 0.2) is 11.6 Å². The lowest BCUT2D eigenvalue weighted by Gasteiger charge is -2.12. The van der Waals surface area contributed by atoms with Crippen LogP contribution in [0.5, 0.6) is 5.75 Å². The molecule has 0 aromatic heterocycles. The van der Waals surface area contributed by atoms with Crippen molar-refractivity contribution in [1.82, 2.24) is 0 Å². The summed E-state index contributed by atoms with van der Waals surface area (Å²) in [4.78, 5) is 0. The molecule has 0 heterocycles. The number of hydrogen-bond donors (Lipinski definition) is 2. The van der Waals surface area contributed by atoms with Gasteiger partial charge in [0.2, 0.25) is 0 Å². The molecule has 0 aliphatic carbocycles. The molecule has 0 amide bonds. The standard InChI is InChI=1S/C14H12Cl2N2O2/c15-11-6-3-7-12(16)13(11)20-8-9-4-1-2-5-10(9)14(17)18-19/h1-7,19H,8H2,(H2,17,18). The molecule has 0 bridgehead atoms. The van der Waals surface area contributed by atoms with Crippen molar-refractivity contribution in [3.05, 3.63) is 63.6 Å². The number of benzene rings is 2. The number of ether oxygens (including phenoxy) is 1. The van der Waals surface area contributed by atoms with Crippen LogP contribution in [0.2, 0.25) is 10.0 Å². The second kappa shape index (κ2) is 6.50. The zero-order valence-electron chi connectivity index (χ0n) is 10.4. The Labute approximate surface area is 126 Å². The highest BCUT2D eigenvalue weighted by Gasteiger charge is 2.10. The van der Waals surface area contributed by atoms with Crippen molar-refractivity contribution in [2.45, 2.75) is 6.61 Å². The van der Waals surface area contributed by atoms with Gasteiger partial charge in [-0.1, -0.05) is 58.7 Å². The van der Waals surface area contributed by atoms with Gasteiger partial charge in [-0.3, -0.25) is 0 Å². The summed E-state index contributed by atoms with van der Waals surface area (Å²) in [5.41, 5.74) is 6.97. The highest BCUT2D eigenvalue weighted by atomic mass is 35.5. The van der Waals surface area contributed by atoms with Crippen molar-refractivity contribution in [3.8, 4) is 5.75 Å². The Hall–Kier alpha value is -1.91. The number of para-hydroxylation sites is 1. The molecule has 0 spiro atoms. The van der Waals surface area contributed by atoms with Gasteiger partial charge in [-0.15, -0.1) is 0 Å². The van der Waals surface area contributed by atoms with Gasteiger partial charge in [-0.25, -0.2) is 0 Å². The Morgan fingerprint density at radius 1 is 1.10 bits per heavy atom. The van der Waals surface area contributed by atoms with E-state index in [0.29, 0.717) is 21.4 Å². The van der Waals surface area contributed by atoms with Crippen molar-refractivity contribution in [2.75, 3.05) is 0 Å². The van der Waals surface area contributed by atoms with E-state index in [1.807, 2.05) is 12.1 Å². The molecular formula is C14H12Cl2N2O2. The van der Waals surface area contributed by atoms with Gasteiger partial charge >= 0.3 is 0 Å². The van der Waals surface area contributed by atoms with Crippen LogP contribution in [0.3, 0.4) is 0 Å². The van der Waals surface area contributed by atoms with Crippen LogP contribution >= 0.6 is 23.2 Å². The second-order valence-electron chi connectivity index (χ2n) is 3.98. The van der Waals surface area contributed by atoms with Crippen LogP contribution < -0.4 is 10.5 Å². The first-order valence-electron chi connectivity index (χ1n) is 5.76. The lowest BCUT2D eigenvalue weighted by atomic mass is 10.1. The summed E-state index contributed by atoms with van der Waals surface area (Å²) >= 11 is 12.1. The summed E-state index contributed by atoms with van der Waals surface area (Å²) in [6.07, 6.45) is 0. The highest BCUT2D eigenvalue weighted by molar-refractivity contribution is 6.37.